The standard InChI is InChI=1S/C22H21ClN2O4/c23-17(13-24)12-16-4-1-2-6-20(16)21(26)25-18-9-7-15(8-10-18)22(27)29-14-19-5-3-11-28-19/h1-2,4,6-10,17,19H,3,5,11-12,14H2,(H,25,26). The summed E-state index contributed by atoms with van der Waals surface area (Å²) < 4.78 is 10.7. The van der Waals surface area contributed by atoms with E-state index < -0.39 is 11.3 Å². The summed E-state index contributed by atoms with van der Waals surface area (Å²) >= 11 is 5.91. The average molecular weight is 413 g/mol. The first-order chi connectivity index (χ1) is 14.1. The van der Waals surface area contributed by atoms with Gasteiger partial charge >= 0.3 is 5.97 Å². The van der Waals surface area contributed by atoms with Crippen LogP contribution in [0.2, 0.25) is 0 Å². The Hall–Kier alpha value is -2.88. The maximum Gasteiger partial charge on any atom is 0.338 e. The van der Waals surface area contributed by atoms with Crippen molar-refractivity contribution in [1.82, 2.24) is 0 Å². The van der Waals surface area contributed by atoms with Crippen molar-refractivity contribution in [1.29, 1.82) is 5.26 Å². The maximum atomic E-state index is 12.6. The summed E-state index contributed by atoms with van der Waals surface area (Å²) in [5, 5.41) is 11.0. The number of nitrogens with one attached hydrogen (secondary N) is 1. The predicted octanol–water partition coefficient (Wildman–Crippen LogP) is 3.95. The number of nitriles is 1. The summed E-state index contributed by atoms with van der Waals surface area (Å²) in [7, 11) is 0. The van der Waals surface area contributed by atoms with E-state index in [9.17, 15) is 9.59 Å². The van der Waals surface area contributed by atoms with Crippen LogP contribution in [0.15, 0.2) is 48.5 Å². The third-order valence-electron chi connectivity index (χ3n) is 4.60. The predicted molar refractivity (Wildman–Crippen MR) is 109 cm³/mol. The van der Waals surface area contributed by atoms with E-state index >= 15 is 0 Å². The van der Waals surface area contributed by atoms with Crippen LogP contribution in [-0.2, 0) is 15.9 Å². The molecule has 1 aliphatic rings. The lowest BCUT2D eigenvalue weighted by Gasteiger charge is -2.12. The molecule has 150 valence electrons. The highest BCUT2D eigenvalue weighted by molar-refractivity contribution is 6.22. The highest BCUT2D eigenvalue weighted by atomic mass is 35.5. The fourth-order valence-electron chi connectivity index (χ4n) is 3.07. The first kappa shape index (κ1) is 20.8. The Morgan fingerprint density at radius 3 is 2.69 bits per heavy atom. The highest BCUT2D eigenvalue weighted by Gasteiger charge is 2.18. The van der Waals surface area contributed by atoms with E-state index in [4.69, 9.17) is 26.3 Å². The van der Waals surface area contributed by atoms with Gasteiger partial charge < -0.3 is 14.8 Å². The normalized spacial score (nSPS) is 16.6. The Labute approximate surface area is 174 Å². The summed E-state index contributed by atoms with van der Waals surface area (Å²) in [6.07, 6.45) is 2.14. The van der Waals surface area contributed by atoms with Gasteiger partial charge in [-0.3, -0.25) is 4.79 Å². The molecule has 1 saturated heterocycles. The molecule has 29 heavy (non-hydrogen) atoms. The fraction of sp³-hybridized carbons (Fsp3) is 0.318. The first-order valence-corrected chi connectivity index (χ1v) is 9.82. The fourth-order valence-corrected chi connectivity index (χ4v) is 3.24. The van der Waals surface area contributed by atoms with E-state index in [0.717, 1.165) is 12.8 Å². The summed E-state index contributed by atoms with van der Waals surface area (Å²) in [4.78, 5) is 24.8. The van der Waals surface area contributed by atoms with Crippen molar-refractivity contribution in [3.05, 3.63) is 65.2 Å². The lowest BCUT2D eigenvalue weighted by Crippen LogP contribution is -2.18. The molecule has 6 nitrogen and oxygen atoms in total. The summed E-state index contributed by atoms with van der Waals surface area (Å²) in [6.45, 7) is 0.959. The Bertz CT molecular complexity index is 902. The first-order valence-electron chi connectivity index (χ1n) is 9.38. The van der Waals surface area contributed by atoms with E-state index in [2.05, 4.69) is 5.32 Å². The van der Waals surface area contributed by atoms with Crippen LogP contribution in [0.5, 0.6) is 0 Å². The molecule has 0 aromatic heterocycles. The van der Waals surface area contributed by atoms with Gasteiger partial charge in [0.2, 0.25) is 0 Å². The number of ether oxygens (including phenoxy) is 2. The molecule has 0 spiro atoms. The zero-order valence-corrected chi connectivity index (χ0v) is 16.5. The lowest BCUT2D eigenvalue weighted by molar-refractivity contribution is 0.0161. The van der Waals surface area contributed by atoms with Gasteiger partial charge in [0, 0.05) is 24.3 Å². The van der Waals surface area contributed by atoms with Gasteiger partial charge in [-0.1, -0.05) is 18.2 Å². The Morgan fingerprint density at radius 2 is 2.00 bits per heavy atom. The van der Waals surface area contributed by atoms with Gasteiger partial charge in [0.15, 0.2) is 0 Å². The summed E-state index contributed by atoms with van der Waals surface area (Å²) in [6, 6.07) is 15.4. The molecule has 1 N–H and O–H groups in total. The zero-order chi connectivity index (χ0) is 20.6. The second kappa shape index (κ2) is 10.1. The van der Waals surface area contributed by atoms with Crippen molar-refractivity contribution in [3.63, 3.8) is 0 Å². The van der Waals surface area contributed by atoms with Gasteiger partial charge in [-0.15, -0.1) is 11.6 Å². The van der Waals surface area contributed by atoms with Crippen LogP contribution in [0.4, 0.5) is 5.69 Å². The van der Waals surface area contributed by atoms with Crippen LogP contribution in [-0.4, -0.2) is 36.6 Å². The van der Waals surface area contributed by atoms with Crippen LogP contribution in [0, 0.1) is 11.3 Å². The maximum absolute atomic E-state index is 12.6. The number of hydrogen-bond acceptors (Lipinski definition) is 5. The van der Waals surface area contributed by atoms with E-state index in [1.807, 2.05) is 6.07 Å². The van der Waals surface area contributed by atoms with Crippen molar-refractivity contribution in [2.45, 2.75) is 30.7 Å². The molecule has 0 aliphatic carbocycles. The number of carbonyl (C=O) groups excluding carboxylic acids is 2. The molecule has 2 atom stereocenters. The second-order valence-corrected chi connectivity index (χ2v) is 7.25. The zero-order valence-electron chi connectivity index (χ0n) is 15.8. The number of amides is 1. The smallest absolute Gasteiger partial charge is 0.338 e. The number of nitrogens with zero attached hydrogens (tertiary/aromatic N) is 1. The molecular weight excluding hydrogens is 392 g/mol. The van der Waals surface area contributed by atoms with Crippen molar-refractivity contribution in [2.24, 2.45) is 0 Å². The number of rotatable bonds is 7. The Morgan fingerprint density at radius 1 is 1.24 bits per heavy atom. The average Bonchev–Trinajstić information content (AvgIpc) is 3.26. The van der Waals surface area contributed by atoms with Gasteiger partial charge in [-0.2, -0.15) is 5.26 Å². The molecule has 1 fully saturated rings. The number of benzene rings is 2. The SMILES string of the molecule is N#CC(Cl)Cc1ccccc1C(=O)Nc1ccc(C(=O)OCC2CCCO2)cc1. The molecule has 1 heterocycles. The van der Waals surface area contributed by atoms with Crippen molar-refractivity contribution in [2.75, 3.05) is 18.5 Å². The third-order valence-corrected chi connectivity index (χ3v) is 4.86. The molecule has 3 rings (SSSR count). The third kappa shape index (κ3) is 5.80. The quantitative estimate of drug-likeness (QED) is 0.549. The van der Waals surface area contributed by atoms with Crippen LogP contribution in [0.1, 0.15) is 39.1 Å². The minimum absolute atomic E-state index is 0.0220. The summed E-state index contributed by atoms with van der Waals surface area (Å²) in [5.41, 5.74) is 2.10. The van der Waals surface area contributed by atoms with Crippen LogP contribution >= 0.6 is 11.6 Å². The number of hydrogen-bond donors (Lipinski definition) is 1. The molecule has 2 aromatic carbocycles. The van der Waals surface area contributed by atoms with Gasteiger partial charge in [-0.25, -0.2) is 4.79 Å². The van der Waals surface area contributed by atoms with E-state index in [1.54, 1.807) is 48.5 Å². The summed E-state index contributed by atoms with van der Waals surface area (Å²) in [5.74, 6) is -0.732. The Kier molecular flexibility index (Phi) is 7.23. The van der Waals surface area contributed by atoms with Gasteiger partial charge in [0.25, 0.3) is 5.91 Å². The molecule has 2 aromatic rings. The van der Waals surface area contributed by atoms with E-state index in [0.29, 0.717) is 29.0 Å². The number of anilines is 1. The molecule has 2 unspecified atom stereocenters. The molecule has 1 amide bonds. The van der Waals surface area contributed by atoms with E-state index in [1.165, 1.54) is 0 Å². The second-order valence-electron chi connectivity index (χ2n) is 6.72. The van der Waals surface area contributed by atoms with Crippen molar-refractivity contribution < 1.29 is 19.1 Å². The van der Waals surface area contributed by atoms with Crippen LogP contribution in [0.3, 0.4) is 0 Å². The number of alkyl halides is 1. The molecule has 7 heteroatoms. The molecule has 0 saturated carbocycles. The van der Waals surface area contributed by atoms with E-state index in [-0.39, 0.29) is 25.0 Å². The van der Waals surface area contributed by atoms with Crippen molar-refractivity contribution in [3.8, 4) is 6.07 Å². The largest absolute Gasteiger partial charge is 0.459 e. The highest BCUT2D eigenvalue weighted by Crippen LogP contribution is 2.18. The van der Waals surface area contributed by atoms with Gasteiger partial charge in [-0.05, 0) is 48.7 Å². The topological polar surface area (TPSA) is 88.4 Å². The van der Waals surface area contributed by atoms with Gasteiger partial charge in [0.05, 0.1) is 17.7 Å². The number of carbonyl (C=O) groups is 2. The monoisotopic (exact) mass is 412 g/mol. The van der Waals surface area contributed by atoms with Gasteiger partial charge in [0.1, 0.15) is 12.0 Å². The van der Waals surface area contributed by atoms with Crippen LogP contribution in [0.25, 0.3) is 0 Å². The Balaban J connectivity index is 1.60. The van der Waals surface area contributed by atoms with Crippen LogP contribution < -0.4 is 5.32 Å². The molecule has 0 bridgehead atoms. The minimum Gasteiger partial charge on any atom is -0.459 e. The molecule has 0 radical (unpaired) electrons. The van der Waals surface area contributed by atoms with Crippen molar-refractivity contribution >= 4 is 29.2 Å². The molecule has 1 aliphatic heterocycles. The minimum atomic E-state index is -0.705. The lowest BCUT2D eigenvalue weighted by atomic mass is 10.0. The number of esters is 1. The number of halogens is 1. The molecular formula is C22H21ClN2O4.